The van der Waals surface area contributed by atoms with Crippen LogP contribution in [-0.2, 0) is 6.54 Å². The number of nitrogens with zero attached hydrogens (tertiary/aromatic N) is 2. The molecule has 1 saturated carbocycles. The van der Waals surface area contributed by atoms with Crippen LogP contribution >= 0.6 is 0 Å². The Hall–Kier alpha value is -0.870. The fourth-order valence-electron chi connectivity index (χ4n) is 2.90. The maximum absolute atomic E-state index is 5.87. The molecule has 4 nitrogen and oxygen atoms in total. The van der Waals surface area contributed by atoms with E-state index in [4.69, 9.17) is 10.3 Å². The normalized spacial score (nSPS) is 25.4. The Labute approximate surface area is 103 Å². The first-order valence-electron chi connectivity index (χ1n) is 6.53. The highest BCUT2D eigenvalue weighted by atomic mass is 16.5. The third kappa shape index (κ3) is 3.07. The van der Waals surface area contributed by atoms with Crippen molar-refractivity contribution < 1.29 is 4.52 Å². The predicted octanol–water partition coefficient (Wildman–Crippen LogP) is 1.93. The standard InChI is InChI=1S/C13H23N3O/c1-10-7-12(17-15-10)9-16(2)13-6-4-3-5-11(13)8-14/h7,11,13H,3-6,8-9,14H2,1-2H3. The maximum Gasteiger partial charge on any atom is 0.150 e. The molecule has 96 valence electrons. The third-order valence-corrected chi connectivity index (χ3v) is 3.82. The lowest BCUT2D eigenvalue weighted by molar-refractivity contribution is 0.117. The van der Waals surface area contributed by atoms with E-state index in [1.165, 1.54) is 25.7 Å². The molecule has 17 heavy (non-hydrogen) atoms. The van der Waals surface area contributed by atoms with Crippen LogP contribution < -0.4 is 5.73 Å². The summed E-state index contributed by atoms with van der Waals surface area (Å²) in [5.74, 6) is 1.59. The second-order valence-electron chi connectivity index (χ2n) is 5.20. The van der Waals surface area contributed by atoms with Crippen molar-refractivity contribution in [2.24, 2.45) is 11.7 Å². The molecule has 0 spiro atoms. The molecule has 2 atom stereocenters. The summed E-state index contributed by atoms with van der Waals surface area (Å²) in [5.41, 5.74) is 6.82. The molecule has 0 bridgehead atoms. The Morgan fingerprint density at radius 2 is 2.24 bits per heavy atom. The fraction of sp³-hybridized carbons (Fsp3) is 0.769. The van der Waals surface area contributed by atoms with Crippen molar-refractivity contribution in [1.82, 2.24) is 10.1 Å². The van der Waals surface area contributed by atoms with Crippen molar-refractivity contribution in [2.45, 2.75) is 45.2 Å². The van der Waals surface area contributed by atoms with E-state index in [0.717, 1.165) is 24.5 Å². The number of hydrogen-bond acceptors (Lipinski definition) is 4. The van der Waals surface area contributed by atoms with Crippen LogP contribution in [0.1, 0.15) is 37.1 Å². The molecule has 2 rings (SSSR count). The third-order valence-electron chi connectivity index (χ3n) is 3.82. The van der Waals surface area contributed by atoms with Crippen LogP contribution in [0, 0.1) is 12.8 Å². The molecule has 1 aromatic rings. The highest BCUT2D eigenvalue weighted by molar-refractivity contribution is 5.03. The average Bonchev–Trinajstić information content (AvgIpc) is 2.74. The number of aromatic nitrogens is 1. The molecule has 1 aliphatic rings. The fourth-order valence-corrected chi connectivity index (χ4v) is 2.90. The molecule has 1 aliphatic carbocycles. The first-order valence-corrected chi connectivity index (χ1v) is 6.53. The molecular weight excluding hydrogens is 214 g/mol. The Kier molecular flexibility index (Phi) is 4.18. The lowest BCUT2D eigenvalue weighted by atomic mass is 9.83. The van der Waals surface area contributed by atoms with Gasteiger partial charge in [-0.2, -0.15) is 0 Å². The van der Waals surface area contributed by atoms with E-state index in [2.05, 4.69) is 17.1 Å². The Morgan fingerprint density at radius 1 is 1.47 bits per heavy atom. The molecule has 0 radical (unpaired) electrons. The van der Waals surface area contributed by atoms with Gasteiger partial charge in [-0.05, 0) is 39.3 Å². The zero-order valence-corrected chi connectivity index (χ0v) is 10.9. The minimum atomic E-state index is 0.596. The van der Waals surface area contributed by atoms with Gasteiger partial charge in [0.25, 0.3) is 0 Å². The summed E-state index contributed by atoms with van der Waals surface area (Å²) < 4.78 is 5.27. The molecule has 4 heteroatoms. The predicted molar refractivity (Wildman–Crippen MR) is 67.5 cm³/mol. The molecule has 1 fully saturated rings. The summed E-state index contributed by atoms with van der Waals surface area (Å²) in [6.07, 6.45) is 5.17. The number of nitrogens with two attached hydrogens (primary N) is 1. The molecule has 2 N–H and O–H groups in total. The van der Waals surface area contributed by atoms with Crippen molar-refractivity contribution in [3.05, 3.63) is 17.5 Å². The van der Waals surface area contributed by atoms with Gasteiger partial charge in [0.2, 0.25) is 0 Å². The van der Waals surface area contributed by atoms with Gasteiger partial charge in [-0.3, -0.25) is 4.90 Å². The van der Waals surface area contributed by atoms with E-state index < -0.39 is 0 Å². The van der Waals surface area contributed by atoms with Gasteiger partial charge < -0.3 is 10.3 Å². The van der Waals surface area contributed by atoms with E-state index in [1.807, 2.05) is 13.0 Å². The molecule has 0 amide bonds. The van der Waals surface area contributed by atoms with E-state index in [1.54, 1.807) is 0 Å². The molecule has 2 unspecified atom stereocenters. The van der Waals surface area contributed by atoms with E-state index in [9.17, 15) is 0 Å². The van der Waals surface area contributed by atoms with Gasteiger partial charge in [0.1, 0.15) is 0 Å². The SMILES string of the molecule is Cc1cc(CN(C)C2CCCCC2CN)on1. The van der Waals surface area contributed by atoms with Crippen LogP contribution in [0.25, 0.3) is 0 Å². The van der Waals surface area contributed by atoms with Crippen LogP contribution in [-0.4, -0.2) is 29.7 Å². The van der Waals surface area contributed by atoms with Gasteiger partial charge in [0, 0.05) is 12.1 Å². The number of rotatable bonds is 4. The van der Waals surface area contributed by atoms with Gasteiger partial charge in [-0.15, -0.1) is 0 Å². The van der Waals surface area contributed by atoms with Crippen molar-refractivity contribution in [1.29, 1.82) is 0 Å². The van der Waals surface area contributed by atoms with E-state index in [0.29, 0.717) is 12.0 Å². The monoisotopic (exact) mass is 237 g/mol. The highest BCUT2D eigenvalue weighted by Crippen LogP contribution is 2.28. The van der Waals surface area contributed by atoms with Crippen LogP contribution in [0.5, 0.6) is 0 Å². The van der Waals surface area contributed by atoms with E-state index in [-0.39, 0.29) is 0 Å². The molecule has 0 aromatic carbocycles. The summed E-state index contributed by atoms with van der Waals surface area (Å²) >= 11 is 0. The second-order valence-corrected chi connectivity index (χ2v) is 5.20. The van der Waals surface area contributed by atoms with Crippen LogP contribution in [0.2, 0.25) is 0 Å². The zero-order valence-electron chi connectivity index (χ0n) is 10.9. The lowest BCUT2D eigenvalue weighted by Gasteiger charge is -2.37. The summed E-state index contributed by atoms with van der Waals surface area (Å²) in [6.45, 7) is 3.59. The van der Waals surface area contributed by atoms with Gasteiger partial charge in [-0.25, -0.2) is 0 Å². The van der Waals surface area contributed by atoms with Crippen molar-refractivity contribution in [2.75, 3.05) is 13.6 Å². The molecule has 0 saturated heterocycles. The van der Waals surface area contributed by atoms with Crippen molar-refractivity contribution in [3.63, 3.8) is 0 Å². The van der Waals surface area contributed by atoms with Crippen molar-refractivity contribution in [3.8, 4) is 0 Å². The Morgan fingerprint density at radius 3 is 2.88 bits per heavy atom. The molecule has 0 aliphatic heterocycles. The highest BCUT2D eigenvalue weighted by Gasteiger charge is 2.27. The number of aryl methyl sites for hydroxylation is 1. The molecule has 1 aromatic heterocycles. The summed E-state index contributed by atoms with van der Waals surface area (Å²) in [7, 11) is 2.16. The molecule has 1 heterocycles. The summed E-state index contributed by atoms with van der Waals surface area (Å²) in [4.78, 5) is 2.37. The summed E-state index contributed by atoms with van der Waals surface area (Å²) in [6, 6.07) is 2.61. The average molecular weight is 237 g/mol. The van der Waals surface area contributed by atoms with E-state index >= 15 is 0 Å². The second kappa shape index (κ2) is 5.65. The Balaban J connectivity index is 1.95. The maximum atomic E-state index is 5.87. The van der Waals surface area contributed by atoms with Crippen LogP contribution in [0.15, 0.2) is 10.6 Å². The largest absolute Gasteiger partial charge is 0.360 e. The lowest BCUT2D eigenvalue weighted by Crippen LogP contribution is -2.42. The van der Waals surface area contributed by atoms with Gasteiger partial charge in [0.15, 0.2) is 5.76 Å². The quantitative estimate of drug-likeness (QED) is 0.869. The Bertz CT molecular complexity index is 350. The van der Waals surface area contributed by atoms with Gasteiger partial charge in [0.05, 0.1) is 12.2 Å². The minimum absolute atomic E-state index is 0.596. The summed E-state index contributed by atoms with van der Waals surface area (Å²) in [5, 5.41) is 3.93. The zero-order chi connectivity index (χ0) is 12.3. The van der Waals surface area contributed by atoms with Gasteiger partial charge in [-0.1, -0.05) is 18.0 Å². The first kappa shape index (κ1) is 12.6. The smallest absolute Gasteiger partial charge is 0.150 e. The van der Waals surface area contributed by atoms with Crippen LogP contribution in [0.3, 0.4) is 0 Å². The van der Waals surface area contributed by atoms with Crippen molar-refractivity contribution >= 4 is 0 Å². The number of hydrogen-bond donors (Lipinski definition) is 1. The minimum Gasteiger partial charge on any atom is -0.360 e. The van der Waals surface area contributed by atoms with Crippen LogP contribution in [0.4, 0.5) is 0 Å². The van der Waals surface area contributed by atoms with Gasteiger partial charge >= 0.3 is 0 Å². The topological polar surface area (TPSA) is 55.3 Å². The first-order chi connectivity index (χ1) is 8.20. The molecular formula is C13H23N3O.